The zero-order valence-corrected chi connectivity index (χ0v) is 11.5. The van der Waals surface area contributed by atoms with E-state index < -0.39 is 9.84 Å². The van der Waals surface area contributed by atoms with Gasteiger partial charge in [-0.25, -0.2) is 13.4 Å². The summed E-state index contributed by atoms with van der Waals surface area (Å²) in [5.41, 5.74) is 0.888. The van der Waals surface area contributed by atoms with Gasteiger partial charge in [-0.2, -0.15) is 0 Å². The molecule has 1 saturated heterocycles. The fourth-order valence-corrected chi connectivity index (χ4v) is 3.90. The minimum absolute atomic E-state index is 0.00115. The zero-order chi connectivity index (χ0) is 13.2. The number of hydrogen-bond acceptors (Lipinski definition) is 5. The standard InChI is InChI=1S/C11H19N3O3S/c1-9-7-14(10-3-6-18(15,16)8-10)11(13-9)12-4-5-17-2/h7,10H,3-6,8H2,1-2H3,(H,12,13). The van der Waals surface area contributed by atoms with E-state index in [0.29, 0.717) is 19.6 Å². The lowest BCUT2D eigenvalue weighted by atomic mass is 10.2. The second-order valence-electron chi connectivity index (χ2n) is 4.59. The maximum absolute atomic E-state index is 11.5. The van der Waals surface area contributed by atoms with Gasteiger partial charge in [0.1, 0.15) is 0 Å². The van der Waals surface area contributed by atoms with Crippen LogP contribution in [0.4, 0.5) is 5.95 Å². The summed E-state index contributed by atoms with van der Waals surface area (Å²) in [6.07, 6.45) is 2.57. The minimum atomic E-state index is -2.88. The summed E-state index contributed by atoms with van der Waals surface area (Å²) in [4.78, 5) is 4.38. The molecular formula is C11H19N3O3S. The number of ether oxygens (including phenoxy) is 1. The number of imidazole rings is 1. The smallest absolute Gasteiger partial charge is 0.203 e. The maximum Gasteiger partial charge on any atom is 0.203 e. The molecule has 102 valence electrons. The van der Waals surface area contributed by atoms with Crippen molar-refractivity contribution in [3.63, 3.8) is 0 Å². The molecule has 0 aromatic carbocycles. The van der Waals surface area contributed by atoms with Gasteiger partial charge in [0.2, 0.25) is 5.95 Å². The summed E-state index contributed by atoms with van der Waals surface area (Å²) < 4.78 is 30.0. The molecule has 0 amide bonds. The third kappa shape index (κ3) is 3.02. The summed E-state index contributed by atoms with van der Waals surface area (Å²) in [5, 5.41) is 3.17. The van der Waals surface area contributed by atoms with Gasteiger partial charge in [-0.15, -0.1) is 0 Å². The van der Waals surface area contributed by atoms with Gasteiger partial charge in [-0.3, -0.25) is 0 Å². The molecular weight excluding hydrogens is 254 g/mol. The van der Waals surface area contributed by atoms with Crippen LogP contribution in [0.1, 0.15) is 18.2 Å². The molecule has 2 rings (SSSR count). The summed E-state index contributed by atoms with van der Waals surface area (Å²) in [6, 6.07) is 0.00115. The Morgan fingerprint density at radius 2 is 2.39 bits per heavy atom. The van der Waals surface area contributed by atoms with E-state index in [-0.39, 0.29) is 17.5 Å². The van der Waals surface area contributed by atoms with Crippen molar-refractivity contribution >= 4 is 15.8 Å². The largest absolute Gasteiger partial charge is 0.383 e. The van der Waals surface area contributed by atoms with Crippen LogP contribution >= 0.6 is 0 Å². The summed E-state index contributed by atoms with van der Waals surface area (Å²) in [6.45, 7) is 3.16. The molecule has 1 fully saturated rings. The lowest BCUT2D eigenvalue weighted by Gasteiger charge is -2.14. The van der Waals surface area contributed by atoms with Gasteiger partial charge in [-0.05, 0) is 13.3 Å². The van der Waals surface area contributed by atoms with E-state index in [9.17, 15) is 8.42 Å². The van der Waals surface area contributed by atoms with Gasteiger partial charge < -0.3 is 14.6 Å². The first-order chi connectivity index (χ1) is 8.52. The van der Waals surface area contributed by atoms with Crippen molar-refractivity contribution in [2.75, 3.05) is 37.1 Å². The fraction of sp³-hybridized carbons (Fsp3) is 0.727. The molecule has 6 nitrogen and oxygen atoms in total. The predicted molar refractivity (Wildman–Crippen MR) is 69.6 cm³/mol. The first-order valence-corrected chi connectivity index (χ1v) is 7.82. The van der Waals surface area contributed by atoms with E-state index in [1.54, 1.807) is 7.11 Å². The third-order valence-electron chi connectivity index (χ3n) is 3.04. The maximum atomic E-state index is 11.5. The number of rotatable bonds is 5. The summed E-state index contributed by atoms with van der Waals surface area (Å²) in [7, 11) is -1.24. The highest BCUT2D eigenvalue weighted by Gasteiger charge is 2.30. The van der Waals surface area contributed by atoms with Crippen LogP contribution in [0.25, 0.3) is 0 Å². The number of hydrogen-bond donors (Lipinski definition) is 1. The fourth-order valence-electron chi connectivity index (χ4n) is 2.18. The molecule has 1 aliphatic rings. The molecule has 1 aromatic heterocycles. The van der Waals surface area contributed by atoms with Crippen LogP contribution in [0.5, 0.6) is 0 Å². The number of aryl methyl sites for hydroxylation is 1. The first-order valence-electron chi connectivity index (χ1n) is 6.00. The number of aromatic nitrogens is 2. The Hall–Kier alpha value is -1.08. The Morgan fingerprint density at radius 3 is 3.00 bits per heavy atom. The van der Waals surface area contributed by atoms with E-state index in [0.717, 1.165) is 11.6 Å². The molecule has 2 heterocycles. The van der Waals surface area contributed by atoms with Gasteiger partial charge in [0, 0.05) is 19.9 Å². The molecule has 0 saturated carbocycles. The minimum Gasteiger partial charge on any atom is -0.383 e. The lowest BCUT2D eigenvalue weighted by Crippen LogP contribution is -2.16. The van der Waals surface area contributed by atoms with Crippen molar-refractivity contribution < 1.29 is 13.2 Å². The number of nitrogens with one attached hydrogen (secondary N) is 1. The van der Waals surface area contributed by atoms with Crippen LogP contribution in [0, 0.1) is 6.92 Å². The van der Waals surface area contributed by atoms with E-state index in [1.807, 2.05) is 17.7 Å². The van der Waals surface area contributed by atoms with Gasteiger partial charge in [0.15, 0.2) is 9.84 Å². The molecule has 0 aliphatic carbocycles. The number of nitrogens with zero attached hydrogens (tertiary/aromatic N) is 2. The Bertz CT molecular complexity index is 510. The van der Waals surface area contributed by atoms with Crippen LogP contribution < -0.4 is 5.32 Å². The second-order valence-corrected chi connectivity index (χ2v) is 6.82. The highest BCUT2D eigenvalue weighted by Crippen LogP contribution is 2.27. The van der Waals surface area contributed by atoms with Crippen LogP contribution in [0.2, 0.25) is 0 Å². The number of anilines is 1. The highest BCUT2D eigenvalue weighted by molar-refractivity contribution is 7.91. The van der Waals surface area contributed by atoms with Gasteiger partial charge >= 0.3 is 0 Å². The van der Waals surface area contributed by atoms with Crippen molar-refractivity contribution in [3.05, 3.63) is 11.9 Å². The topological polar surface area (TPSA) is 73.2 Å². The summed E-state index contributed by atoms with van der Waals surface area (Å²) >= 11 is 0. The average Bonchev–Trinajstić information content (AvgIpc) is 2.82. The third-order valence-corrected chi connectivity index (χ3v) is 4.79. The molecule has 0 radical (unpaired) electrons. The van der Waals surface area contributed by atoms with Gasteiger partial charge in [-0.1, -0.05) is 0 Å². The molecule has 18 heavy (non-hydrogen) atoms. The monoisotopic (exact) mass is 273 g/mol. The van der Waals surface area contributed by atoms with Gasteiger partial charge in [0.05, 0.1) is 29.8 Å². The van der Waals surface area contributed by atoms with Crippen molar-refractivity contribution in [1.82, 2.24) is 9.55 Å². The predicted octanol–water partition coefficient (Wildman–Crippen LogP) is 0.609. The highest BCUT2D eigenvalue weighted by atomic mass is 32.2. The number of methoxy groups -OCH3 is 1. The Kier molecular flexibility index (Phi) is 3.91. The molecule has 1 unspecified atom stereocenters. The lowest BCUT2D eigenvalue weighted by molar-refractivity contribution is 0.210. The van der Waals surface area contributed by atoms with E-state index in [1.165, 1.54) is 0 Å². The quantitative estimate of drug-likeness (QED) is 0.796. The normalized spacial score (nSPS) is 22.2. The van der Waals surface area contributed by atoms with E-state index in [4.69, 9.17) is 4.74 Å². The van der Waals surface area contributed by atoms with Crippen LogP contribution in [0.3, 0.4) is 0 Å². The van der Waals surface area contributed by atoms with Crippen molar-refractivity contribution in [2.24, 2.45) is 0 Å². The molecule has 0 spiro atoms. The van der Waals surface area contributed by atoms with Gasteiger partial charge in [0.25, 0.3) is 0 Å². The van der Waals surface area contributed by atoms with Crippen molar-refractivity contribution in [1.29, 1.82) is 0 Å². The Morgan fingerprint density at radius 1 is 1.61 bits per heavy atom. The van der Waals surface area contributed by atoms with Crippen molar-refractivity contribution in [2.45, 2.75) is 19.4 Å². The van der Waals surface area contributed by atoms with Crippen LogP contribution in [-0.4, -0.2) is 49.7 Å². The molecule has 1 N–H and O–H groups in total. The Labute approximate surface area is 107 Å². The van der Waals surface area contributed by atoms with E-state index in [2.05, 4.69) is 10.3 Å². The number of sulfone groups is 1. The molecule has 7 heteroatoms. The second kappa shape index (κ2) is 5.27. The first kappa shape index (κ1) is 13.4. The SMILES string of the molecule is COCCNc1nc(C)cn1C1CCS(=O)(=O)C1. The molecule has 1 aliphatic heterocycles. The molecule has 1 aromatic rings. The van der Waals surface area contributed by atoms with Crippen LogP contribution in [-0.2, 0) is 14.6 Å². The Balaban J connectivity index is 2.12. The average molecular weight is 273 g/mol. The van der Waals surface area contributed by atoms with E-state index >= 15 is 0 Å². The zero-order valence-electron chi connectivity index (χ0n) is 10.7. The molecule has 0 bridgehead atoms. The summed E-state index contributed by atoms with van der Waals surface area (Å²) in [5.74, 6) is 1.21. The molecule has 1 atom stereocenters. The van der Waals surface area contributed by atoms with Crippen molar-refractivity contribution in [3.8, 4) is 0 Å². The van der Waals surface area contributed by atoms with Crippen LogP contribution in [0.15, 0.2) is 6.20 Å².